The molecule has 1 heterocycles. The van der Waals surface area contributed by atoms with Crippen LogP contribution in [0.25, 0.3) is 0 Å². The van der Waals surface area contributed by atoms with Crippen LogP contribution in [0.3, 0.4) is 0 Å². The van der Waals surface area contributed by atoms with Crippen molar-refractivity contribution in [1.82, 2.24) is 15.2 Å². The Morgan fingerprint density at radius 1 is 1.50 bits per heavy atom. The molecule has 0 aliphatic rings. The number of nitrogens with zero attached hydrogens (tertiary/aromatic N) is 2. The monoisotopic (exact) mass is 169 g/mol. The van der Waals surface area contributed by atoms with E-state index in [0.717, 1.165) is 18.1 Å². The van der Waals surface area contributed by atoms with Gasteiger partial charge in [-0.3, -0.25) is 5.10 Å². The van der Waals surface area contributed by atoms with Crippen LogP contribution in [-0.4, -0.2) is 27.9 Å². The molecule has 0 amide bonds. The largest absolute Gasteiger partial charge is 0.378 e. The van der Waals surface area contributed by atoms with E-state index in [9.17, 15) is 0 Å². The van der Waals surface area contributed by atoms with Gasteiger partial charge in [-0.15, -0.1) is 0 Å². The maximum Gasteiger partial charge on any atom is 0.153 e. The number of aromatic amines is 1. The Morgan fingerprint density at radius 2 is 2.17 bits per heavy atom. The smallest absolute Gasteiger partial charge is 0.153 e. The van der Waals surface area contributed by atoms with Gasteiger partial charge in [0.1, 0.15) is 5.82 Å². The molecule has 4 nitrogen and oxygen atoms in total. The predicted octanol–water partition coefficient (Wildman–Crippen LogP) is 1.08. The van der Waals surface area contributed by atoms with Gasteiger partial charge in [0, 0.05) is 13.5 Å². The van der Waals surface area contributed by atoms with Gasteiger partial charge in [-0.05, 0) is 20.8 Å². The van der Waals surface area contributed by atoms with Crippen molar-refractivity contribution in [1.29, 1.82) is 0 Å². The van der Waals surface area contributed by atoms with E-state index in [1.54, 1.807) is 7.11 Å². The van der Waals surface area contributed by atoms with Crippen molar-refractivity contribution < 1.29 is 4.74 Å². The fraction of sp³-hybridized carbons (Fsp3) is 0.750. The molecule has 0 aliphatic heterocycles. The van der Waals surface area contributed by atoms with Crippen molar-refractivity contribution in [3.05, 3.63) is 11.6 Å². The third-order valence-corrected chi connectivity index (χ3v) is 1.78. The maximum atomic E-state index is 5.26. The fourth-order valence-electron chi connectivity index (χ4n) is 0.921. The SMILES string of the molecule is COC(C)(C)Cc1n[nH]c(C)n1. The van der Waals surface area contributed by atoms with Gasteiger partial charge < -0.3 is 4.74 Å². The second kappa shape index (κ2) is 3.23. The summed E-state index contributed by atoms with van der Waals surface area (Å²) in [5.74, 6) is 1.65. The molecule has 0 spiro atoms. The minimum atomic E-state index is -0.186. The molecule has 68 valence electrons. The number of aryl methyl sites for hydroxylation is 1. The summed E-state index contributed by atoms with van der Waals surface area (Å²) in [6.45, 7) is 5.91. The Kier molecular flexibility index (Phi) is 2.47. The number of methoxy groups -OCH3 is 1. The van der Waals surface area contributed by atoms with Crippen LogP contribution in [0.2, 0.25) is 0 Å². The van der Waals surface area contributed by atoms with Crippen LogP contribution in [0.15, 0.2) is 0 Å². The van der Waals surface area contributed by atoms with Gasteiger partial charge in [-0.1, -0.05) is 0 Å². The lowest BCUT2D eigenvalue weighted by molar-refractivity contribution is 0.0216. The van der Waals surface area contributed by atoms with Crippen molar-refractivity contribution in [2.75, 3.05) is 7.11 Å². The van der Waals surface area contributed by atoms with Crippen LogP contribution in [0.4, 0.5) is 0 Å². The van der Waals surface area contributed by atoms with Gasteiger partial charge in [0.05, 0.1) is 5.60 Å². The molecule has 1 rings (SSSR count). The lowest BCUT2D eigenvalue weighted by Gasteiger charge is -2.20. The van der Waals surface area contributed by atoms with E-state index in [4.69, 9.17) is 4.74 Å². The molecule has 12 heavy (non-hydrogen) atoms. The van der Waals surface area contributed by atoms with E-state index in [0.29, 0.717) is 0 Å². The van der Waals surface area contributed by atoms with E-state index in [-0.39, 0.29) is 5.60 Å². The predicted molar refractivity (Wildman–Crippen MR) is 45.9 cm³/mol. The molecule has 0 radical (unpaired) electrons. The van der Waals surface area contributed by atoms with Gasteiger partial charge in [0.2, 0.25) is 0 Å². The summed E-state index contributed by atoms with van der Waals surface area (Å²) in [5.41, 5.74) is -0.186. The molecule has 0 saturated carbocycles. The maximum absolute atomic E-state index is 5.26. The second-order valence-corrected chi connectivity index (χ2v) is 3.48. The molecule has 0 bridgehead atoms. The first-order chi connectivity index (χ1) is 5.53. The summed E-state index contributed by atoms with van der Waals surface area (Å²) < 4.78 is 5.26. The first-order valence-electron chi connectivity index (χ1n) is 3.96. The van der Waals surface area contributed by atoms with Crippen LogP contribution in [-0.2, 0) is 11.2 Å². The zero-order chi connectivity index (χ0) is 9.19. The Hall–Kier alpha value is -0.900. The quantitative estimate of drug-likeness (QED) is 0.736. The number of aromatic nitrogens is 3. The van der Waals surface area contributed by atoms with Crippen molar-refractivity contribution in [3.8, 4) is 0 Å². The van der Waals surface area contributed by atoms with E-state index in [1.807, 2.05) is 20.8 Å². The molecule has 1 N–H and O–H groups in total. The van der Waals surface area contributed by atoms with Crippen LogP contribution in [0, 0.1) is 6.92 Å². The topological polar surface area (TPSA) is 50.8 Å². The Balaban J connectivity index is 2.63. The number of H-pyrrole nitrogens is 1. The molecule has 1 aromatic rings. The minimum Gasteiger partial charge on any atom is -0.378 e. The molecular weight excluding hydrogens is 154 g/mol. The summed E-state index contributed by atoms with van der Waals surface area (Å²) in [5, 5.41) is 6.83. The molecule has 4 heteroatoms. The van der Waals surface area contributed by atoms with Crippen molar-refractivity contribution >= 4 is 0 Å². The van der Waals surface area contributed by atoms with Crippen LogP contribution in [0.1, 0.15) is 25.5 Å². The number of ether oxygens (including phenoxy) is 1. The van der Waals surface area contributed by atoms with Crippen molar-refractivity contribution in [2.45, 2.75) is 32.8 Å². The molecule has 0 fully saturated rings. The van der Waals surface area contributed by atoms with Gasteiger partial charge >= 0.3 is 0 Å². The molecule has 0 aromatic carbocycles. The normalized spacial score (nSPS) is 12.0. The van der Waals surface area contributed by atoms with Crippen LogP contribution < -0.4 is 0 Å². The highest BCUT2D eigenvalue weighted by Gasteiger charge is 2.19. The standard InChI is InChI=1S/C8H15N3O/c1-6-9-7(11-10-6)5-8(2,3)12-4/h5H2,1-4H3,(H,9,10,11). The average Bonchev–Trinajstić information content (AvgIpc) is 2.35. The van der Waals surface area contributed by atoms with Gasteiger partial charge in [-0.2, -0.15) is 5.10 Å². The highest BCUT2D eigenvalue weighted by Crippen LogP contribution is 2.12. The molecule has 0 aliphatic carbocycles. The minimum absolute atomic E-state index is 0.186. The molecule has 0 atom stereocenters. The number of hydrogen-bond acceptors (Lipinski definition) is 3. The number of hydrogen-bond donors (Lipinski definition) is 1. The first kappa shape index (κ1) is 9.19. The fourth-order valence-corrected chi connectivity index (χ4v) is 0.921. The Morgan fingerprint density at radius 3 is 2.58 bits per heavy atom. The summed E-state index contributed by atoms with van der Waals surface area (Å²) in [4.78, 5) is 4.20. The van der Waals surface area contributed by atoms with Crippen LogP contribution >= 0.6 is 0 Å². The van der Waals surface area contributed by atoms with Gasteiger partial charge in [0.25, 0.3) is 0 Å². The highest BCUT2D eigenvalue weighted by atomic mass is 16.5. The lowest BCUT2D eigenvalue weighted by atomic mass is 10.1. The molecular formula is C8H15N3O. The third kappa shape index (κ3) is 2.30. The van der Waals surface area contributed by atoms with Crippen molar-refractivity contribution in [2.24, 2.45) is 0 Å². The molecule has 0 saturated heterocycles. The van der Waals surface area contributed by atoms with E-state index in [1.165, 1.54) is 0 Å². The van der Waals surface area contributed by atoms with Crippen molar-refractivity contribution in [3.63, 3.8) is 0 Å². The zero-order valence-corrected chi connectivity index (χ0v) is 8.01. The summed E-state index contributed by atoms with van der Waals surface area (Å²) in [6.07, 6.45) is 0.730. The lowest BCUT2D eigenvalue weighted by Crippen LogP contribution is -2.26. The third-order valence-electron chi connectivity index (χ3n) is 1.78. The summed E-state index contributed by atoms with van der Waals surface area (Å²) in [6, 6.07) is 0. The van der Waals surface area contributed by atoms with E-state index < -0.39 is 0 Å². The van der Waals surface area contributed by atoms with E-state index >= 15 is 0 Å². The van der Waals surface area contributed by atoms with Gasteiger partial charge in [0.15, 0.2) is 5.82 Å². The second-order valence-electron chi connectivity index (χ2n) is 3.48. The highest BCUT2D eigenvalue weighted by molar-refractivity contribution is 4.92. The first-order valence-corrected chi connectivity index (χ1v) is 3.96. The van der Waals surface area contributed by atoms with Crippen LogP contribution in [0.5, 0.6) is 0 Å². The number of rotatable bonds is 3. The Labute approximate surface area is 72.4 Å². The summed E-state index contributed by atoms with van der Waals surface area (Å²) in [7, 11) is 1.69. The summed E-state index contributed by atoms with van der Waals surface area (Å²) >= 11 is 0. The van der Waals surface area contributed by atoms with E-state index in [2.05, 4.69) is 15.2 Å². The number of nitrogens with one attached hydrogen (secondary N) is 1. The molecule has 1 aromatic heterocycles. The zero-order valence-electron chi connectivity index (χ0n) is 8.01. The molecule has 0 unspecified atom stereocenters. The van der Waals surface area contributed by atoms with Gasteiger partial charge in [-0.25, -0.2) is 4.98 Å². The Bertz CT molecular complexity index is 255. The average molecular weight is 169 g/mol.